The van der Waals surface area contributed by atoms with E-state index in [1.807, 2.05) is 24.3 Å². The molecule has 0 spiro atoms. The van der Waals surface area contributed by atoms with Crippen LogP contribution in [-0.4, -0.2) is 0 Å². The Morgan fingerprint density at radius 2 is 0.684 bits per heavy atom. The van der Waals surface area contributed by atoms with Gasteiger partial charge in [0.25, 0.3) is 0 Å². The first-order valence-corrected chi connectivity index (χ1v) is 19.3. The van der Waals surface area contributed by atoms with E-state index in [4.69, 9.17) is 8.83 Å². The molecular formula is C54H35NO2. The number of hydrogen-bond donors (Lipinski definition) is 0. The summed E-state index contributed by atoms with van der Waals surface area (Å²) in [4.78, 5) is 2.34. The van der Waals surface area contributed by atoms with Crippen molar-refractivity contribution in [2.45, 2.75) is 0 Å². The summed E-state index contributed by atoms with van der Waals surface area (Å²) in [6, 6.07) is 75.3. The van der Waals surface area contributed by atoms with E-state index in [2.05, 4.69) is 193 Å². The topological polar surface area (TPSA) is 29.5 Å². The molecule has 0 unspecified atom stereocenters. The van der Waals surface area contributed by atoms with E-state index in [0.717, 1.165) is 88.8 Å². The molecule has 0 aliphatic heterocycles. The number of furan rings is 2. The van der Waals surface area contributed by atoms with Crippen molar-refractivity contribution in [3.05, 3.63) is 212 Å². The van der Waals surface area contributed by atoms with E-state index in [1.165, 1.54) is 16.7 Å². The molecule has 0 saturated heterocycles. The van der Waals surface area contributed by atoms with Crippen molar-refractivity contribution >= 4 is 60.9 Å². The Labute approximate surface area is 330 Å². The summed E-state index contributed by atoms with van der Waals surface area (Å²) >= 11 is 0. The Hall–Kier alpha value is -7.62. The Kier molecular flexibility index (Phi) is 7.82. The molecule has 11 aromatic rings. The third-order valence-electron chi connectivity index (χ3n) is 11.1. The second-order valence-corrected chi connectivity index (χ2v) is 14.5. The maximum absolute atomic E-state index is 6.24. The molecule has 0 aliphatic carbocycles. The molecule has 2 aromatic heterocycles. The zero-order valence-electron chi connectivity index (χ0n) is 31.0. The average Bonchev–Trinajstić information content (AvgIpc) is 3.85. The van der Waals surface area contributed by atoms with Crippen LogP contribution in [0.3, 0.4) is 0 Å². The Morgan fingerprint density at radius 3 is 1.25 bits per heavy atom. The summed E-state index contributed by atoms with van der Waals surface area (Å²) < 4.78 is 12.5. The Morgan fingerprint density at radius 1 is 0.246 bits per heavy atom. The minimum atomic E-state index is 0.895. The van der Waals surface area contributed by atoms with E-state index in [0.29, 0.717) is 0 Å². The number of para-hydroxylation sites is 2. The van der Waals surface area contributed by atoms with Crippen LogP contribution in [0.25, 0.3) is 88.4 Å². The molecule has 0 aliphatic rings. The highest BCUT2D eigenvalue weighted by Crippen LogP contribution is 2.41. The first-order chi connectivity index (χ1) is 28.2. The SMILES string of the molecule is c1ccc(-c2ccccc2-c2cccc(N(c3ccc(-c4ccc5c(c4)oc4ccccc45)cc3)c3ccc(-c4ccc5c(c4)oc4ccccc45)cc3)c2)cc1. The van der Waals surface area contributed by atoms with Crippen LogP contribution in [0.5, 0.6) is 0 Å². The predicted octanol–water partition coefficient (Wildman–Crippen LogP) is 15.6. The first-order valence-electron chi connectivity index (χ1n) is 19.3. The van der Waals surface area contributed by atoms with Gasteiger partial charge in [0, 0.05) is 38.6 Å². The van der Waals surface area contributed by atoms with Crippen molar-refractivity contribution in [1.29, 1.82) is 0 Å². The molecule has 268 valence electrons. The molecule has 3 nitrogen and oxygen atoms in total. The van der Waals surface area contributed by atoms with Gasteiger partial charge >= 0.3 is 0 Å². The second-order valence-electron chi connectivity index (χ2n) is 14.5. The molecule has 0 N–H and O–H groups in total. The Bertz CT molecular complexity index is 3070. The van der Waals surface area contributed by atoms with Gasteiger partial charge in [0.15, 0.2) is 0 Å². The van der Waals surface area contributed by atoms with Crippen LogP contribution in [-0.2, 0) is 0 Å². The smallest absolute Gasteiger partial charge is 0.136 e. The second kappa shape index (κ2) is 13.6. The van der Waals surface area contributed by atoms with Gasteiger partial charge in [0.2, 0.25) is 0 Å². The number of hydrogen-bond acceptors (Lipinski definition) is 3. The molecular weight excluding hydrogens is 695 g/mol. The molecule has 0 amide bonds. The molecule has 0 radical (unpaired) electrons. The van der Waals surface area contributed by atoms with E-state index in [9.17, 15) is 0 Å². The fraction of sp³-hybridized carbons (Fsp3) is 0. The van der Waals surface area contributed by atoms with Crippen LogP contribution in [0.4, 0.5) is 17.1 Å². The summed E-state index contributed by atoms with van der Waals surface area (Å²) in [5.74, 6) is 0. The van der Waals surface area contributed by atoms with Crippen molar-refractivity contribution in [3.8, 4) is 44.5 Å². The summed E-state index contributed by atoms with van der Waals surface area (Å²) in [5.41, 5.74) is 16.0. The lowest BCUT2D eigenvalue weighted by atomic mass is 9.94. The van der Waals surface area contributed by atoms with Crippen molar-refractivity contribution in [1.82, 2.24) is 0 Å². The monoisotopic (exact) mass is 729 g/mol. The summed E-state index contributed by atoms with van der Waals surface area (Å²) in [7, 11) is 0. The lowest BCUT2D eigenvalue weighted by Gasteiger charge is -2.26. The summed E-state index contributed by atoms with van der Waals surface area (Å²) in [5, 5.41) is 4.54. The summed E-state index contributed by atoms with van der Waals surface area (Å²) in [6.45, 7) is 0. The molecule has 2 heterocycles. The van der Waals surface area contributed by atoms with E-state index >= 15 is 0 Å². The van der Waals surface area contributed by atoms with Gasteiger partial charge in [-0.05, 0) is 117 Å². The van der Waals surface area contributed by atoms with E-state index in [1.54, 1.807) is 0 Å². The normalized spacial score (nSPS) is 11.5. The quantitative estimate of drug-likeness (QED) is 0.164. The fourth-order valence-electron chi connectivity index (χ4n) is 8.28. The van der Waals surface area contributed by atoms with Gasteiger partial charge in [-0.15, -0.1) is 0 Å². The van der Waals surface area contributed by atoms with Crippen LogP contribution < -0.4 is 4.90 Å². The highest BCUT2D eigenvalue weighted by Gasteiger charge is 2.17. The van der Waals surface area contributed by atoms with Crippen molar-refractivity contribution < 1.29 is 8.83 Å². The number of nitrogens with zero attached hydrogens (tertiary/aromatic N) is 1. The number of fused-ring (bicyclic) bond motifs is 6. The molecule has 57 heavy (non-hydrogen) atoms. The molecule has 0 atom stereocenters. The molecule has 0 bridgehead atoms. The van der Waals surface area contributed by atoms with E-state index < -0.39 is 0 Å². The zero-order valence-corrected chi connectivity index (χ0v) is 31.0. The van der Waals surface area contributed by atoms with Crippen molar-refractivity contribution in [2.24, 2.45) is 0 Å². The molecule has 0 fully saturated rings. The van der Waals surface area contributed by atoms with Gasteiger partial charge in [-0.2, -0.15) is 0 Å². The first kappa shape index (κ1) is 32.8. The minimum Gasteiger partial charge on any atom is -0.456 e. The third kappa shape index (κ3) is 5.85. The zero-order chi connectivity index (χ0) is 37.7. The van der Waals surface area contributed by atoms with Gasteiger partial charge < -0.3 is 13.7 Å². The maximum Gasteiger partial charge on any atom is 0.136 e. The molecule has 3 heteroatoms. The maximum atomic E-state index is 6.24. The predicted molar refractivity (Wildman–Crippen MR) is 237 cm³/mol. The lowest BCUT2D eigenvalue weighted by molar-refractivity contribution is 0.668. The van der Waals surface area contributed by atoms with Gasteiger partial charge in [-0.3, -0.25) is 0 Å². The van der Waals surface area contributed by atoms with E-state index in [-0.39, 0.29) is 0 Å². The van der Waals surface area contributed by atoms with Crippen molar-refractivity contribution in [3.63, 3.8) is 0 Å². The third-order valence-corrected chi connectivity index (χ3v) is 11.1. The van der Waals surface area contributed by atoms with Crippen molar-refractivity contribution in [2.75, 3.05) is 4.90 Å². The highest BCUT2D eigenvalue weighted by molar-refractivity contribution is 6.07. The van der Waals surface area contributed by atoms with Gasteiger partial charge in [0.05, 0.1) is 0 Å². The fourth-order valence-corrected chi connectivity index (χ4v) is 8.28. The van der Waals surface area contributed by atoms with Crippen LogP contribution in [0.15, 0.2) is 221 Å². The number of benzene rings is 9. The van der Waals surface area contributed by atoms with Crippen LogP contribution in [0.2, 0.25) is 0 Å². The number of anilines is 3. The Balaban J connectivity index is 0.993. The standard InChI is InChI=1S/C54H35NO2/c1-2-11-38(12-3-1)45-15-4-5-16-46(45)41-13-10-14-44(33-41)55(42-27-21-36(22-28-42)39-25-31-49-47-17-6-8-19-51(47)56-53(49)34-39)43-29-23-37(24-30-43)40-26-32-50-48-18-7-9-20-52(48)57-54(50)35-40/h1-35H. The molecule has 0 saturated carbocycles. The largest absolute Gasteiger partial charge is 0.456 e. The molecule has 9 aromatic carbocycles. The average molecular weight is 730 g/mol. The summed E-state index contributed by atoms with van der Waals surface area (Å²) in [6.07, 6.45) is 0. The van der Waals surface area contributed by atoms with Gasteiger partial charge in [-0.1, -0.05) is 140 Å². The van der Waals surface area contributed by atoms with Crippen LogP contribution >= 0.6 is 0 Å². The molecule has 11 rings (SSSR count). The number of rotatable bonds is 7. The van der Waals surface area contributed by atoms with Gasteiger partial charge in [0.1, 0.15) is 22.3 Å². The van der Waals surface area contributed by atoms with Gasteiger partial charge in [-0.25, -0.2) is 0 Å². The minimum absolute atomic E-state index is 0.895. The van der Waals surface area contributed by atoms with Crippen LogP contribution in [0, 0.1) is 0 Å². The van der Waals surface area contributed by atoms with Crippen LogP contribution in [0.1, 0.15) is 0 Å². The lowest BCUT2D eigenvalue weighted by Crippen LogP contribution is -2.10. The highest BCUT2D eigenvalue weighted by atomic mass is 16.3.